The topological polar surface area (TPSA) is 0 Å². The van der Waals surface area contributed by atoms with Gasteiger partial charge in [-0.1, -0.05) is 114 Å². The van der Waals surface area contributed by atoms with Crippen molar-refractivity contribution in [2.24, 2.45) is 23.7 Å². The largest absolute Gasteiger partial charge is 2.00 e. The van der Waals surface area contributed by atoms with E-state index in [4.69, 9.17) is 0 Å². The van der Waals surface area contributed by atoms with Crippen LogP contribution in [-0.2, 0) is 17.1 Å². The number of rotatable bonds is 4. The fraction of sp³-hybridized carbons (Fsp3) is 0.533. The van der Waals surface area contributed by atoms with Crippen LogP contribution in [0.3, 0.4) is 0 Å². The third-order valence-electron chi connectivity index (χ3n) is 7.79. The fourth-order valence-corrected chi connectivity index (χ4v) is 5.84. The Kier molecular flexibility index (Phi) is 14.4. The number of hydrogen-bond acceptors (Lipinski definition) is 0. The van der Waals surface area contributed by atoms with E-state index in [1.54, 1.807) is 0 Å². The third-order valence-corrected chi connectivity index (χ3v) is 7.79. The monoisotopic (exact) mass is 462 g/mol. The van der Waals surface area contributed by atoms with Gasteiger partial charge in [0.05, 0.1) is 0 Å². The first-order chi connectivity index (χ1) is 13.6. The standard InChI is InChI=1S/2C14H20.2CH3.Fe/c2*1-11-7-6-10-14(11)12(2)13-8-4-3-5-9-13;;;/h2*3-5,8-9,11-12,14H,6-7,10H2,1-2H3;2*1H3;/q;;2*-1;+2/t2*11?,12-,14?;;;/m11.../s1. The first-order valence-corrected chi connectivity index (χ1v) is 11.7. The van der Waals surface area contributed by atoms with E-state index >= 15 is 0 Å². The van der Waals surface area contributed by atoms with Crippen molar-refractivity contribution < 1.29 is 17.1 Å². The second-order valence-corrected chi connectivity index (χ2v) is 9.54. The van der Waals surface area contributed by atoms with Gasteiger partial charge in [-0.3, -0.25) is 0 Å². The van der Waals surface area contributed by atoms with Crippen LogP contribution >= 0.6 is 0 Å². The van der Waals surface area contributed by atoms with Gasteiger partial charge in [-0.05, 0) is 59.5 Å². The normalized spacial score (nSPS) is 26.2. The van der Waals surface area contributed by atoms with E-state index in [-0.39, 0.29) is 31.9 Å². The molecule has 4 unspecified atom stereocenters. The molecule has 0 saturated heterocycles. The van der Waals surface area contributed by atoms with Crippen molar-refractivity contribution >= 4 is 0 Å². The summed E-state index contributed by atoms with van der Waals surface area (Å²) in [7, 11) is 0. The maximum atomic E-state index is 2.41. The average Bonchev–Trinajstić information content (AvgIpc) is 3.37. The van der Waals surface area contributed by atoms with E-state index in [2.05, 4.69) is 88.4 Å². The summed E-state index contributed by atoms with van der Waals surface area (Å²) in [6.07, 6.45) is 8.59. The van der Waals surface area contributed by atoms with Crippen LogP contribution in [0.25, 0.3) is 0 Å². The van der Waals surface area contributed by atoms with Crippen LogP contribution < -0.4 is 0 Å². The molecule has 2 saturated carbocycles. The molecule has 4 rings (SSSR count). The van der Waals surface area contributed by atoms with Gasteiger partial charge in [0.1, 0.15) is 0 Å². The van der Waals surface area contributed by atoms with Gasteiger partial charge in [0, 0.05) is 0 Å². The summed E-state index contributed by atoms with van der Waals surface area (Å²) in [5.74, 6) is 5.16. The molecule has 0 aliphatic heterocycles. The molecule has 2 fully saturated rings. The maximum absolute atomic E-state index is 2.41. The Morgan fingerprint density at radius 1 is 0.581 bits per heavy atom. The second-order valence-electron chi connectivity index (χ2n) is 9.54. The zero-order chi connectivity index (χ0) is 19.9. The maximum Gasteiger partial charge on any atom is 2.00 e. The van der Waals surface area contributed by atoms with Crippen molar-refractivity contribution in [2.75, 3.05) is 0 Å². The summed E-state index contributed by atoms with van der Waals surface area (Å²) in [4.78, 5) is 0. The first-order valence-electron chi connectivity index (χ1n) is 11.7. The molecule has 31 heavy (non-hydrogen) atoms. The Labute approximate surface area is 205 Å². The minimum Gasteiger partial charge on any atom is -0.358 e. The number of benzene rings is 2. The molecule has 1 heteroatoms. The van der Waals surface area contributed by atoms with Gasteiger partial charge < -0.3 is 14.9 Å². The van der Waals surface area contributed by atoms with Gasteiger partial charge in [-0.2, -0.15) is 0 Å². The molecular weight excluding hydrogens is 416 g/mol. The third kappa shape index (κ3) is 8.11. The van der Waals surface area contributed by atoms with Gasteiger partial charge in [-0.25, -0.2) is 0 Å². The molecular formula is C30H46Fe. The van der Waals surface area contributed by atoms with Gasteiger partial charge in [0.25, 0.3) is 0 Å². The van der Waals surface area contributed by atoms with Crippen LogP contribution in [0.15, 0.2) is 60.7 Å². The molecule has 2 aromatic carbocycles. The molecule has 0 spiro atoms. The van der Waals surface area contributed by atoms with Gasteiger partial charge in [0.15, 0.2) is 0 Å². The quantitative estimate of drug-likeness (QED) is 0.314. The van der Waals surface area contributed by atoms with Crippen LogP contribution in [0.1, 0.15) is 89.2 Å². The Morgan fingerprint density at radius 3 is 1.16 bits per heavy atom. The molecule has 0 radical (unpaired) electrons. The summed E-state index contributed by atoms with van der Waals surface area (Å²) in [6.45, 7) is 9.61. The van der Waals surface area contributed by atoms with E-state index < -0.39 is 0 Å². The molecule has 0 nitrogen and oxygen atoms in total. The predicted molar refractivity (Wildman–Crippen MR) is 136 cm³/mol. The summed E-state index contributed by atoms with van der Waals surface area (Å²) in [6, 6.07) is 21.9. The van der Waals surface area contributed by atoms with Gasteiger partial charge in [-0.15, -0.1) is 0 Å². The zero-order valence-corrected chi connectivity index (χ0v) is 21.9. The zero-order valence-electron chi connectivity index (χ0n) is 20.8. The molecule has 0 heterocycles. The Balaban J connectivity index is 0.000000529. The Hall–Kier alpha value is -1.04. The molecule has 0 amide bonds. The van der Waals surface area contributed by atoms with Crippen molar-refractivity contribution in [3.05, 3.63) is 86.6 Å². The van der Waals surface area contributed by atoms with E-state index in [9.17, 15) is 0 Å². The minimum absolute atomic E-state index is 0. The second kappa shape index (κ2) is 14.9. The smallest absolute Gasteiger partial charge is 0.358 e. The van der Waals surface area contributed by atoms with Crippen LogP contribution in [0.5, 0.6) is 0 Å². The Bertz CT molecular complexity index is 619. The van der Waals surface area contributed by atoms with Crippen LogP contribution in [0.4, 0.5) is 0 Å². The molecule has 0 bridgehead atoms. The summed E-state index contributed by atoms with van der Waals surface area (Å²) in [5.41, 5.74) is 3.04. The molecule has 0 aromatic heterocycles. The molecule has 174 valence electrons. The van der Waals surface area contributed by atoms with Crippen LogP contribution in [0.2, 0.25) is 0 Å². The molecule has 2 aliphatic rings. The average molecular weight is 463 g/mol. The molecule has 6 atom stereocenters. The van der Waals surface area contributed by atoms with Crippen molar-refractivity contribution in [3.8, 4) is 0 Å². The van der Waals surface area contributed by atoms with E-state index in [0.29, 0.717) is 0 Å². The Morgan fingerprint density at radius 2 is 0.903 bits per heavy atom. The predicted octanol–water partition coefficient (Wildman–Crippen LogP) is 9.35. The van der Waals surface area contributed by atoms with E-state index in [1.807, 2.05) is 0 Å². The van der Waals surface area contributed by atoms with E-state index in [1.165, 1.54) is 49.7 Å². The van der Waals surface area contributed by atoms with Crippen molar-refractivity contribution in [1.29, 1.82) is 0 Å². The fourth-order valence-electron chi connectivity index (χ4n) is 5.84. The van der Waals surface area contributed by atoms with E-state index in [0.717, 1.165) is 35.5 Å². The number of hydrogen-bond donors (Lipinski definition) is 0. The van der Waals surface area contributed by atoms with Gasteiger partial charge in [0.2, 0.25) is 0 Å². The van der Waals surface area contributed by atoms with Crippen LogP contribution in [0, 0.1) is 38.5 Å². The summed E-state index contributed by atoms with van der Waals surface area (Å²) < 4.78 is 0. The molecule has 0 N–H and O–H groups in total. The summed E-state index contributed by atoms with van der Waals surface area (Å²) in [5, 5.41) is 0. The first kappa shape index (κ1) is 30.0. The van der Waals surface area contributed by atoms with Crippen LogP contribution in [-0.4, -0.2) is 0 Å². The van der Waals surface area contributed by atoms with Gasteiger partial charge >= 0.3 is 17.1 Å². The van der Waals surface area contributed by atoms with Crippen molar-refractivity contribution in [2.45, 2.75) is 78.1 Å². The van der Waals surface area contributed by atoms with Crippen molar-refractivity contribution in [1.82, 2.24) is 0 Å². The minimum atomic E-state index is 0. The SMILES string of the molecule is CC1CCCC1[C@H](C)c1ccccc1.CC1CCCC1[C@H](C)c1ccccc1.[CH3-].[CH3-].[Fe+2]. The molecule has 2 aliphatic carbocycles. The molecule has 2 aromatic rings. The summed E-state index contributed by atoms with van der Waals surface area (Å²) >= 11 is 0. The van der Waals surface area contributed by atoms with Crippen molar-refractivity contribution in [3.63, 3.8) is 0 Å².